The van der Waals surface area contributed by atoms with Crippen LogP contribution in [0.25, 0.3) is 10.7 Å². The summed E-state index contributed by atoms with van der Waals surface area (Å²) in [6.45, 7) is 2.33. The smallest absolute Gasteiger partial charge is 0.408 e. The molecule has 0 aliphatic heterocycles. The van der Waals surface area contributed by atoms with Crippen LogP contribution in [0.3, 0.4) is 0 Å². The molecule has 0 aliphatic carbocycles. The fourth-order valence-electron chi connectivity index (χ4n) is 2.91. The number of aryl methyl sites for hydroxylation is 1. The van der Waals surface area contributed by atoms with Crippen LogP contribution in [0.1, 0.15) is 41.6 Å². The first-order valence-corrected chi connectivity index (χ1v) is 13.2. The van der Waals surface area contributed by atoms with E-state index in [0.29, 0.717) is 25.0 Å². The molecule has 32 heavy (non-hydrogen) atoms. The van der Waals surface area contributed by atoms with E-state index in [1.807, 2.05) is 48.0 Å². The lowest BCUT2D eigenvalue weighted by atomic mass is 10.1. The van der Waals surface area contributed by atoms with Gasteiger partial charge >= 0.3 is 6.09 Å². The maximum absolute atomic E-state index is 12.4. The van der Waals surface area contributed by atoms with E-state index in [-0.39, 0.29) is 19.2 Å². The number of nitrogens with two attached hydrogens (primary N) is 1. The van der Waals surface area contributed by atoms with Crippen molar-refractivity contribution in [2.75, 3.05) is 6.54 Å². The molecule has 0 unspecified atom stereocenters. The normalized spacial score (nSPS) is 12.4. The van der Waals surface area contributed by atoms with Gasteiger partial charge in [0.2, 0.25) is 0 Å². The maximum Gasteiger partial charge on any atom is 0.408 e. The molecule has 1 aromatic carbocycles. The molecule has 0 fully saturated rings. The van der Waals surface area contributed by atoms with Crippen LogP contribution >= 0.6 is 22.7 Å². The second kappa shape index (κ2) is 11.5. The molecule has 2 heterocycles. The molecule has 9 nitrogen and oxygen atoms in total. The number of hydrogen-bond acceptors (Lipinski definition) is 8. The Morgan fingerprint density at radius 2 is 1.94 bits per heavy atom. The molecule has 0 spiro atoms. The first-order valence-electron chi connectivity index (χ1n) is 9.92. The van der Waals surface area contributed by atoms with Gasteiger partial charge in [0.1, 0.15) is 17.3 Å². The first-order chi connectivity index (χ1) is 15.3. The van der Waals surface area contributed by atoms with Crippen molar-refractivity contribution in [3.05, 3.63) is 57.4 Å². The lowest BCUT2D eigenvalue weighted by molar-refractivity contribution is 0.134. The standard InChI is InChI=1S/C20H25N5O4S3/c1-14-23-18(13-30-14)19-24-17(12-31-19)16(9-5-6-10-22-32(21,27)28)25-20(26)29-11-15-7-3-2-4-8-15/h2-4,7-8,12-13,16,22H,5-6,9-11H2,1H3,(H,25,26)(H2,21,27,28)/t16-/m0/s1. The Morgan fingerprint density at radius 1 is 1.16 bits per heavy atom. The number of carbonyl (C=O) groups excluding carboxylic acids is 1. The van der Waals surface area contributed by atoms with Gasteiger partial charge in [0.25, 0.3) is 10.2 Å². The summed E-state index contributed by atoms with van der Waals surface area (Å²) in [4.78, 5) is 21.6. The monoisotopic (exact) mass is 495 g/mol. The SMILES string of the molecule is Cc1nc(-c2nc([C@H](CCCCNS(N)(=O)=O)NC(=O)OCc3ccccc3)cs2)cs1. The number of unbranched alkanes of at least 4 members (excludes halogenated alkanes) is 1. The van der Waals surface area contributed by atoms with Crippen molar-refractivity contribution in [1.82, 2.24) is 20.0 Å². The summed E-state index contributed by atoms with van der Waals surface area (Å²) in [6, 6.07) is 9.04. The number of carbonyl (C=O) groups is 1. The first kappa shape index (κ1) is 24.3. The molecule has 0 bridgehead atoms. The van der Waals surface area contributed by atoms with E-state index in [4.69, 9.17) is 9.88 Å². The van der Waals surface area contributed by atoms with Crippen LogP contribution in [-0.2, 0) is 21.6 Å². The Morgan fingerprint density at radius 3 is 2.62 bits per heavy atom. The highest BCUT2D eigenvalue weighted by molar-refractivity contribution is 7.87. The number of aromatic nitrogens is 2. The highest BCUT2D eigenvalue weighted by Crippen LogP contribution is 2.29. The Hall–Kier alpha value is -2.38. The zero-order chi connectivity index (χ0) is 23.0. The third kappa shape index (κ3) is 7.95. The molecule has 0 radical (unpaired) electrons. The zero-order valence-electron chi connectivity index (χ0n) is 17.5. The van der Waals surface area contributed by atoms with Crippen LogP contribution < -0.4 is 15.2 Å². The average molecular weight is 496 g/mol. The minimum Gasteiger partial charge on any atom is -0.445 e. The molecule has 3 rings (SSSR count). The van der Waals surface area contributed by atoms with Gasteiger partial charge in [-0.15, -0.1) is 22.7 Å². The Labute approximate surface area is 195 Å². The average Bonchev–Trinajstić information content (AvgIpc) is 3.40. The summed E-state index contributed by atoms with van der Waals surface area (Å²) in [5.41, 5.74) is 2.42. The van der Waals surface area contributed by atoms with Gasteiger partial charge in [0, 0.05) is 17.3 Å². The van der Waals surface area contributed by atoms with Crippen molar-refractivity contribution in [3.63, 3.8) is 0 Å². The summed E-state index contributed by atoms with van der Waals surface area (Å²) < 4.78 is 29.6. The van der Waals surface area contributed by atoms with Crippen molar-refractivity contribution >= 4 is 39.0 Å². The number of nitrogens with one attached hydrogen (secondary N) is 2. The lowest BCUT2D eigenvalue weighted by Crippen LogP contribution is -2.32. The molecule has 0 aliphatic rings. The van der Waals surface area contributed by atoms with Gasteiger partial charge in [-0.1, -0.05) is 30.3 Å². The Kier molecular flexibility index (Phi) is 8.70. The minimum atomic E-state index is -3.71. The van der Waals surface area contributed by atoms with Gasteiger partial charge in [0.05, 0.1) is 16.7 Å². The number of rotatable bonds is 11. The van der Waals surface area contributed by atoms with Crippen LogP contribution in [0.4, 0.5) is 4.79 Å². The van der Waals surface area contributed by atoms with E-state index in [0.717, 1.165) is 21.3 Å². The van der Waals surface area contributed by atoms with E-state index >= 15 is 0 Å². The fourth-order valence-corrected chi connectivity index (χ4v) is 4.85. The molecule has 4 N–H and O–H groups in total. The van der Waals surface area contributed by atoms with E-state index in [9.17, 15) is 13.2 Å². The molecule has 12 heteroatoms. The van der Waals surface area contributed by atoms with Crippen molar-refractivity contribution in [1.29, 1.82) is 0 Å². The fraction of sp³-hybridized carbons (Fsp3) is 0.350. The summed E-state index contributed by atoms with van der Waals surface area (Å²) in [5, 5.41) is 13.4. The van der Waals surface area contributed by atoms with Gasteiger partial charge < -0.3 is 10.1 Å². The van der Waals surface area contributed by atoms with Crippen molar-refractivity contribution < 1.29 is 17.9 Å². The number of thiazole rings is 2. The number of hydrogen-bond donors (Lipinski definition) is 3. The highest BCUT2D eigenvalue weighted by atomic mass is 32.2. The number of benzene rings is 1. The van der Waals surface area contributed by atoms with Gasteiger partial charge in [-0.25, -0.2) is 24.6 Å². The Balaban J connectivity index is 1.62. The summed E-state index contributed by atoms with van der Waals surface area (Å²) in [6.07, 6.45) is 1.23. The summed E-state index contributed by atoms with van der Waals surface area (Å²) >= 11 is 3.01. The molecule has 172 valence electrons. The van der Waals surface area contributed by atoms with Crippen LogP contribution in [-0.4, -0.2) is 31.0 Å². The van der Waals surface area contributed by atoms with Crippen LogP contribution in [0.2, 0.25) is 0 Å². The zero-order valence-corrected chi connectivity index (χ0v) is 19.9. The third-order valence-electron chi connectivity index (χ3n) is 4.44. The van der Waals surface area contributed by atoms with Crippen LogP contribution in [0.5, 0.6) is 0 Å². The van der Waals surface area contributed by atoms with E-state index in [1.165, 1.54) is 11.3 Å². The molecular weight excluding hydrogens is 470 g/mol. The van der Waals surface area contributed by atoms with Crippen LogP contribution in [0.15, 0.2) is 41.1 Å². The molecule has 3 aromatic rings. The van der Waals surface area contributed by atoms with E-state index in [1.54, 1.807) is 11.3 Å². The van der Waals surface area contributed by atoms with Crippen LogP contribution in [0, 0.1) is 6.92 Å². The Bertz CT molecular complexity index is 1120. The summed E-state index contributed by atoms with van der Waals surface area (Å²) in [5.74, 6) is 0. The van der Waals surface area contributed by atoms with Gasteiger partial charge in [-0.05, 0) is 31.7 Å². The summed E-state index contributed by atoms with van der Waals surface area (Å²) in [7, 11) is -3.71. The predicted molar refractivity (Wildman–Crippen MR) is 125 cm³/mol. The van der Waals surface area contributed by atoms with E-state index < -0.39 is 16.3 Å². The molecule has 1 amide bonds. The number of amides is 1. The van der Waals surface area contributed by atoms with Gasteiger partial charge in [-0.2, -0.15) is 8.42 Å². The second-order valence-corrected chi connectivity index (χ2v) is 10.3. The van der Waals surface area contributed by atoms with Gasteiger partial charge in [-0.3, -0.25) is 0 Å². The van der Waals surface area contributed by atoms with Crippen molar-refractivity contribution in [3.8, 4) is 10.7 Å². The number of ether oxygens (including phenoxy) is 1. The number of alkyl carbamates (subject to hydrolysis) is 1. The molecule has 2 aromatic heterocycles. The van der Waals surface area contributed by atoms with E-state index in [2.05, 4.69) is 20.0 Å². The quantitative estimate of drug-likeness (QED) is 0.348. The predicted octanol–water partition coefficient (Wildman–Crippen LogP) is 3.51. The van der Waals surface area contributed by atoms with Gasteiger partial charge in [0.15, 0.2) is 0 Å². The topological polar surface area (TPSA) is 136 Å². The molecule has 1 atom stereocenters. The second-order valence-electron chi connectivity index (χ2n) is 7.02. The number of nitrogens with zero attached hydrogens (tertiary/aromatic N) is 2. The molecule has 0 saturated heterocycles. The molecular formula is C20H25N5O4S3. The van der Waals surface area contributed by atoms with Crippen molar-refractivity contribution in [2.45, 2.75) is 38.8 Å². The molecule has 0 saturated carbocycles. The van der Waals surface area contributed by atoms with Crippen molar-refractivity contribution in [2.24, 2.45) is 5.14 Å². The largest absolute Gasteiger partial charge is 0.445 e. The highest BCUT2D eigenvalue weighted by Gasteiger charge is 2.20. The maximum atomic E-state index is 12.4. The lowest BCUT2D eigenvalue weighted by Gasteiger charge is -2.17. The third-order valence-corrected chi connectivity index (χ3v) is 6.71. The minimum absolute atomic E-state index is 0.165.